The zero-order chi connectivity index (χ0) is 31.7. The van der Waals surface area contributed by atoms with Crippen molar-refractivity contribution in [3.8, 4) is 0 Å². The van der Waals surface area contributed by atoms with Gasteiger partial charge in [0, 0.05) is 94.1 Å². The first-order valence-corrected chi connectivity index (χ1v) is 16.5. The molecule has 0 bridgehead atoms. The summed E-state index contributed by atoms with van der Waals surface area (Å²) in [5.41, 5.74) is 4.28. The van der Waals surface area contributed by atoms with Gasteiger partial charge in [0.05, 0.1) is 17.9 Å². The van der Waals surface area contributed by atoms with Crippen molar-refractivity contribution in [1.29, 1.82) is 0 Å². The number of hydrogen-bond acceptors (Lipinski definition) is 8. The Hall–Kier alpha value is -3.15. The highest BCUT2D eigenvalue weighted by atomic mass is 19.3. The molecule has 2 aromatic rings. The van der Waals surface area contributed by atoms with E-state index in [1.54, 1.807) is 0 Å². The molecular weight excluding hydrogens is 578 g/mol. The van der Waals surface area contributed by atoms with Gasteiger partial charge in [-0.2, -0.15) is 0 Å². The summed E-state index contributed by atoms with van der Waals surface area (Å²) >= 11 is 0. The summed E-state index contributed by atoms with van der Waals surface area (Å²) in [6, 6.07) is 4.42. The minimum Gasteiger partial charge on any atom is -0.379 e. The van der Waals surface area contributed by atoms with Crippen LogP contribution in [0.25, 0.3) is 0 Å². The van der Waals surface area contributed by atoms with Gasteiger partial charge in [0.25, 0.3) is 6.43 Å². The quantitative estimate of drug-likeness (QED) is 0.350. The van der Waals surface area contributed by atoms with Gasteiger partial charge in [-0.15, -0.1) is 0 Å². The Labute approximate surface area is 265 Å². The molecule has 3 saturated heterocycles. The first-order valence-electron chi connectivity index (χ1n) is 16.5. The average Bonchev–Trinajstić information content (AvgIpc) is 3.33. The number of aryl methyl sites for hydroxylation is 1. The first kappa shape index (κ1) is 31.8. The number of aromatic nitrogens is 2. The second kappa shape index (κ2) is 13.3. The van der Waals surface area contributed by atoms with Gasteiger partial charge >= 0.3 is 0 Å². The normalized spacial score (nSPS) is 21.8. The molecule has 0 aliphatic carbocycles. The Kier molecular flexibility index (Phi) is 9.40. The van der Waals surface area contributed by atoms with Gasteiger partial charge in [0.1, 0.15) is 17.6 Å². The van der Waals surface area contributed by atoms with Crippen LogP contribution in [0, 0.1) is 6.92 Å². The van der Waals surface area contributed by atoms with Crippen LogP contribution in [0.4, 0.5) is 20.3 Å². The Morgan fingerprint density at radius 2 is 1.89 bits per heavy atom. The number of amides is 1. The fourth-order valence-electron chi connectivity index (χ4n) is 7.62. The van der Waals surface area contributed by atoms with Crippen LogP contribution in [0.15, 0.2) is 31.0 Å². The molecule has 4 aliphatic heterocycles. The number of fused-ring (bicyclic) bond motifs is 2. The highest BCUT2D eigenvalue weighted by Gasteiger charge is 2.49. The number of anilines is 2. The van der Waals surface area contributed by atoms with E-state index in [1.165, 1.54) is 6.08 Å². The summed E-state index contributed by atoms with van der Waals surface area (Å²) in [7, 11) is 0. The molecule has 4 aliphatic rings. The highest BCUT2D eigenvalue weighted by molar-refractivity contribution is 5.87. The second-order valence-corrected chi connectivity index (χ2v) is 12.7. The third kappa shape index (κ3) is 6.06. The summed E-state index contributed by atoms with van der Waals surface area (Å²) in [5, 5.41) is 0. The zero-order valence-electron chi connectivity index (χ0n) is 26.8. The number of hydrogen-bond donors (Lipinski definition) is 0. The third-order valence-corrected chi connectivity index (χ3v) is 10.0. The molecule has 11 heteroatoms. The smallest absolute Gasteiger partial charge is 0.280 e. The largest absolute Gasteiger partial charge is 0.379 e. The van der Waals surface area contributed by atoms with Crippen molar-refractivity contribution in [2.24, 2.45) is 0 Å². The van der Waals surface area contributed by atoms with Crippen LogP contribution in [-0.4, -0.2) is 97.3 Å². The summed E-state index contributed by atoms with van der Waals surface area (Å²) in [5.74, 6) is 0.587. The lowest BCUT2D eigenvalue weighted by Gasteiger charge is -2.49. The summed E-state index contributed by atoms with van der Waals surface area (Å²) in [6.45, 7) is 16.6. The van der Waals surface area contributed by atoms with E-state index in [4.69, 9.17) is 14.5 Å². The number of carbonyl (C=O) groups excluding carboxylic acids is 1. The number of alkyl halides is 2. The minimum atomic E-state index is -2.65. The molecule has 0 aromatic carbocycles. The van der Waals surface area contributed by atoms with Crippen molar-refractivity contribution in [3.05, 3.63) is 59.1 Å². The molecule has 244 valence electrons. The van der Waals surface area contributed by atoms with Crippen LogP contribution in [0.5, 0.6) is 0 Å². The fourth-order valence-corrected chi connectivity index (χ4v) is 7.62. The molecular formula is C34H46F2N6O3. The molecule has 45 heavy (non-hydrogen) atoms. The van der Waals surface area contributed by atoms with E-state index in [-0.39, 0.29) is 17.7 Å². The summed E-state index contributed by atoms with van der Waals surface area (Å²) in [4.78, 5) is 29.9. The van der Waals surface area contributed by atoms with Crippen LogP contribution in [-0.2, 0) is 26.3 Å². The molecule has 9 nitrogen and oxygen atoms in total. The van der Waals surface area contributed by atoms with E-state index in [0.29, 0.717) is 63.2 Å². The second-order valence-electron chi connectivity index (χ2n) is 12.7. The number of halogens is 2. The van der Waals surface area contributed by atoms with Crippen LogP contribution < -0.4 is 9.80 Å². The number of nitrogens with zero attached hydrogens (tertiary/aromatic N) is 6. The van der Waals surface area contributed by atoms with Crippen LogP contribution in [0.2, 0.25) is 0 Å². The molecule has 1 amide bonds. The number of rotatable bonds is 10. The van der Waals surface area contributed by atoms with Crippen molar-refractivity contribution in [2.75, 3.05) is 75.4 Å². The van der Waals surface area contributed by atoms with Crippen molar-refractivity contribution in [1.82, 2.24) is 19.8 Å². The Morgan fingerprint density at radius 1 is 1.16 bits per heavy atom. The van der Waals surface area contributed by atoms with Crippen LogP contribution >= 0.6 is 0 Å². The standard InChI is InChI=1S/C34H46F2N6O3/c1-5-8-25-26(42-20-24(21-42)39-15-17-41(18-16-39)29(43)6-2)19-28(38-31(25)33(35)36)40-13-10-34(11-14-40)30-23(4)9-12-37-32(30)27(45-34)22-44-7-3/h6,9,12,19,24,27,33H,2,5,7-8,10-11,13-18,20-22H2,1,3-4H3. The van der Waals surface area contributed by atoms with E-state index in [1.807, 2.05) is 37.1 Å². The van der Waals surface area contributed by atoms with E-state index in [9.17, 15) is 13.6 Å². The molecule has 1 unspecified atom stereocenters. The fraction of sp³-hybridized carbons (Fsp3) is 0.618. The first-order chi connectivity index (χ1) is 21.8. The SMILES string of the molecule is C=CC(=O)N1CCN(C2CN(c3cc(N4CCC5(CC4)OC(COCC)c4nccc(C)c45)nc(C(F)F)c3CCC)C2)CC1. The molecule has 2 aromatic heterocycles. The van der Waals surface area contributed by atoms with Gasteiger partial charge in [0.15, 0.2) is 0 Å². The van der Waals surface area contributed by atoms with Gasteiger partial charge in [-0.05, 0) is 50.8 Å². The van der Waals surface area contributed by atoms with Crippen molar-refractivity contribution in [3.63, 3.8) is 0 Å². The Balaban J connectivity index is 1.20. The molecule has 1 spiro atoms. The van der Waals surface area contributed by atoms with E-state index < -0.39 is 12.0 Å². The Morgan fingerprint density at radius 3 is 2.53 bits per heavy atom. The molecule has 6 rings (SSSR count). The summed E-state index contributed by atoms with van der Waals surface area (Å²) in [6.07, 6.45) is 3.13. The van der Waals surface area contributed by atoms with E-state index in [0.717, 1.165) is 67.9 Å². The maximum Gasteiger partial charge on any atom is 0.280 e. The van der Waals surface area contributed by atoms with Crippen molar-refractivity contribution < 1.29 is 23.0 Å². The molecule has 6 heterocycles. The third-order valence-electron chi connectivity index (χ3n) is 10.0. The van der Waals surface area contributed by atoms with E-state index >= 15 is 0 Å². The molecule has 3 fully saturated rings. The average molecular weight is 625 g/mol. The van der Waals surface area contributed by atoms with Gasteiger partial charge in [-0.25, -0.2) is 13.8 Å². The minimum absolute atomic E-state index is 0.0256. The summed E-state index contributed by atoms with van der Waals surface area (Å²) < 4.78 is 41.6. The molecule has 0 radical (unpaired) electrons. The number of piperazine rings is 1. The van der Waals surface area contributed by atoms with Gasteiger partial charge < -0.3 is 24.2 Å². The van der Waals surface area contributed by atoms with Gasteiger partial charge in [-0.1, -0.05) is 19.9 Å². The maximum absolute atomic E-state index is 14.6. The molecule has 1 atom stereocenters. The predicted molar refractivity (Wildman–Crippen MR) is 170 cm³/mol. The lowest BCUT2D eigenvalue weighted by Crippen LogP contribution is -2.63. The monoisotopic (exact) mass is 624 g/mol. The van der Waals surface area contributed by atoms with Crippen molar-refractivity contribution >= 4 is 17.4 Å². The van der Waals surface area contributed by atoms with Crippen LogP contribution in [0.3, 0.4) is 0 Å². The van der Waals surface area contributed by atoms with E-state index in [2.05, 4.69) is 33.2 Å². The number of pyridine rings is 2. The number of piperidine rings is 1. The van der Waals surface area contributed by atoms with Crippen molar-refractivity contribution in [2.45, 2.75) is 70.6 Å². The maximum atomic E-state index is 14.6. The zero-order valence-corrected chi connectivity index (χ0v) is 26.8. The topological polar surface area (TPSA) is 74.3 Å². The lowest BCUT2D eigenvalue weighted by molar-refractivity contribution is -0.128. The van der Waals surface area contributed by atoms with Gasteiger partial charge in [-0.3, -0.25) is 14.7 Å². The molecule has 0 N–H and O–H groups in total. The number of carbonyl (C=O) groups is 1. The molecule has 0 saturated carbocycles. The van der Waals surface area contributed by atoms with Gasteiger partial charge in [0.2, 0.25) is 5.91 Å². The predicted octanol–water partition coefficient (Wildman–Crippen LogP) is 4.80. The number of ether oxygens (including phenoxy) is 2. The van der Waals surface area contributed by atoms with Crippen LogP contribution in [0.1, 0.15) is 73.7 Å². The highest BCUT2D eigenvalue weighted by Crippen LogP contribution is 2.50. The Bertz CT molecular complexity index is 1380. The lowest BCUT2D eigenvalue weighted by atomic mass is 9.82.